The molecular formula is C8H8F3N5S. The molecule has 2 heterocycles. The van der Waals surface area contributed by atoms with E-state index in [1.807, 2.05) is 0 Å². The van der Waals surface area contributed by atoms with Gasteiger partial charge in [0.25, 0.3) is 0 Å². The fourth-order valence-corrected chi connectivity index (χ4v) is 1.95. The van der Waals surface area contributed by atoms with Crippen molar-refractivity contribution in [1.82, 2.24) is 19.1 Å². The lowest BCUT2D eigenvalue weighted by atomic mass is 10.3. The summed E-state index contributed by atoms with van der Waals surface area (Å²) in [5.74, 6) is -1.16. The van der Waals surface area contributed by atoms with Crippen LogP contribution in [0.2, 0.25) is 0 Å². The summed E-state index contributed by atoms with van der Waals surface area (Å²) in [5, 5.41) is 4.06. The molecule has 0 saturated carbocycles. The summed E-state index contributed by atoms with van der Waals surface area (Å²) < 4.78 is 41.5. The van der Waals surface area contributed by atoms with Crippen LogP contribution in [-0.2, 0) is 6.18 Å². The Kier molecular flexibility index (Phi) is 2.57. The van der Waals surface area contributed by atoms with Gasteiger partial charge >= 0.3 is 6.18 Å². The van der Waals surface area contributed by atoms with E-state index in [1.165, 1.54) is 4.68 Å². The van der Waals surface area contributed by atoms with E-state index in [2.05, 4.69) is 14.5 Å². The van der Waals surface area contributed by atoms with Crippen LogP contribution in [0.15, 0.2) is 0 Å². The van der Waals surface area contributed by atoms with Gasteiger partial charge in [-0.15, -0.1) is 0 Å². The Balaban J connectivity index is 2.48. The molecule has 0 aliphatic rings. The largest absolute Gasteiger partial charge is 0.452 e. The van der Waals surface area contributed by atoms with Crippen LogP contribution < -0.4 is 5.73 Å². The number of halogens is 3. The zero-order chi connectivity index (χ0) is 12.8. The van der Waals surface area contributed by atoms with Crippen molar-refractivity contribution in [2.75, 3.05) is 5.73 Å². The van der Waals surface area contributed by atoms with Crippen molar-refractivity contribution in [3.8, 4) is 5.13 Å². The van der Waals surface area contributed by atoms with Gasteiger partial charge in [-0.3, -0.25) is 0 Å². The molecule has 0 aliphatic heterocycles. The number of rotatable bonds is 1. The van der Waals surface area contributed by atoms with Crippen LogP contribution in [0, 0.1) is 13.8 Å². The monoisotopic (exact) mass is 263 g/mol. The third-order valence-corrected chi connectivity index (χ3v) is 2.89. The number of aryl methyl sites for hydroxylation is 1. The van der Waals surface area contributed by atoms with E-state index in [9.17, 15) is 13.2 Å². The number of hydrogen-bond donors (Lipinski definition) is 1. The summed E-state index contributed by atoms with van der Waals surface area (Å²) in [5.41, 5.74) is 7.22. The first kappa shape index (κ1) is 11.8. The number of nitrogen functional groups attached to an aromatic ring is 1. The van der Waals surface area contributed by atoms with Crippen molar-refractivity contribution in [3.63, 3.8) is 0 Å². The average Bonchev–Trinajstić information content (AvgIpc) is 2.79. The summed E-state index contributed by atoms with van der Waals surface area (Å²) in [7, 11) is 0. The van der Waals surface area contributed by atoms with E-state index in [0.29, 0.717) is 28.6 Å². The Labute approximate surface area is 98.2 Å². The first-order chi connectivity index (χ1) is 7.80. The highest BCUT2D eigenvalue weighted by atomic mass is 32.1. The lowest BCUT2D eigenvalue weighted by Crippen LogP contribution is -2.08. The van der Waals surface area contributed by atoms with Crippen LogP contribution in [0.25, 0.3) is 5.13 Å². The minimum absolute atomic E-state index is 0.0506. The summed E-state index contributed by atoms with van der Waals surface area (Å²) in [4.78, 5) is 3.39. The summed E-state index contributed by atoms with van der Waals surface area (Å²) in [6.45, 7) is 3.33. The Morgan fingerprint density at radius 1 is 1.29 bits per heavy atom. The zero-order valence-electron chi connectivity index (χ0n) is 8.91. The number of anilines is 1. The van der Waals surface area contributed by atoms with Crippen molar-refractivity contribution < 1.29 is 13.2 Å². The predicted octanol–water partition coefficient (Wildman–Crippen LogP) is 1.94. The maximum absolute atomic E-state index is 12.3. The van der Waals surface area contributed by atoms with Gasteiger partial charge in [0.1, 0.15) is 0 Å². The molecule has 0 bridgehead atoms. The van der Waals surface area contributed by atoms with Crippen LogP contribution in [0.3, 0.4) is 0 Å². The fraction of sp³-hybridized carbons (Fsp3) is 0.375. The van der Waals surface area contributed by atoms with Crippen LogP contribution in [0.4, 0.5) is 18.9 Å². The molecule has 5 nitrogen and oxygen atoms in total. The highest BCUT2D eigenvalue weighted by Crippen LogP contribution is 2.29. The van der Waals surface area contributed by atoms with Crippen LogP contribution in [-0.4, -0.2) is 19.1 Å². The predicted molar refractivity (Wildman–Crippen MR) is 55.9 cm³/mol. The minimum Gasteiger partial charge on any atom is -0.396 e. The highest BCUT2D eigenvalue weighted by Gasteiger charge is 2.36. The van der Waals surface area contributed by atoms with Gasteiger partial charge in [-0.05, 0) is 13.8 Å². The molecule has 0 spiro atoms. The van der Waals surface area contributed by atoms with Gasteiger partial charge in [-0.1, -0.05) is 0 Å². The molecule has 0 radical (unpaired) electrons. The van der Waals surface area contributed by atoms with E-state index < -0.39 is 12.0 Å². The smallest absolute Gasteiger partial charge is 0.396 e. The molecule has 92 valence electrons. The van der Waals surface area contributed by atoms with Gasteiger partial charge in [0, 0.05) is 11.5 Å². The summed E-state index contributed by atoms with van der Waals surface area (Å²) >= 11 is 0.630. The van der Waals surface area contributed by atoms with E-state index in [0.717, 1.165) is 0 Å². The van der Waals surface area contributed by atoms with Gasteiger partial charge < -0.3 is 5.73 Å². The molecule has 2 N–H and O–H groups in total. The van der Waals surface area contributed by atoms with Crippen molar-refractivity contribution in [2.24, 2.45) is 0 Å². The fourth-order valence-electron chi connectivity index (χ4n) is 1.26. The second-order valence-corrected chi connectivity index (χ2v) is 4.12. The molecule has 2 aromatic heterocycles. The minimum atomic E-state index is -4.55. The Bertz CT molecular complexity index is 556. The molecule has 0 amide bonds. The Hall–Kier alpha value is -1.64. The normalized spacial score (nSPS) is 12.1. The molecule has 9 heteroatoms. The molecule has 0 aliphatic carbocycles. The van der Waals surface area contributed by atoms with Crippen LogP contribution in [0.1, 0.15) is 17.2 Å². The molecular weight excluding hydrogens is 255 g/mol. The molecule has 0 unspecified atom stereocenters. The second kappa shape index (κ2) is 3.69. The van der Waals surface area contributed by atoms with Crippen LogP contribution in [0.5, 0.6) is 0 Å². The maximum atomic E-state index is 12.3. The third kappa shape index (κ3) is 1.97. The number of nitrogens with two attached hydrogens (primary N) is 1. The van der Waals surface area contributed by atoms with Gasteiger partial charge in [0.15, 0.2) is 0 Å². The highest BCUT2D eigenvalue weighted by molar-refractivity contribution is 7.08. The molecule has 17 heavy (non-hydrogen) atoms. The molecule has 2 aromatic rings. The van der Waals surface area contributed by atoms with Crippen LogP contribution >= 0.6 is 11.5 Å². The van der Waals surface area contributed by atoms with Gasteiger partial charge in [0.2, 0.25) is 11.0 Å². The lowest BCUT2D eigenvalue weighted by Gasteiger charge is -1.99. The topological polar surface area (TPSA) is 69.6 Å². The quantitative estimate of drug-likeness (QED) is 0.853. The third-order valence-electron chi connectivity index (χ3n) is 2.20. The van der Waals surface area contributed by atoms with Gasteiger partial charge in [-0.25, -0.2) is 4.68 Å². The van der Waals surface area contributed by atoms with Gasteiger partial charge in [-0.2, -0.15) is 27.6 Å². The summed E-state index contributed by atoms with van der Waals surface area (Å²) in [6, 6.07) is 0. The Morgan fingerprint density at radius 3 is 2.35 bits per heavy atom. The first-order valence-electron chi connectivity index (χ1n) is 4.53. The Morgan fingerprint density at radius 2 is 1.94 bits per heavy atom. The van der Waals surface area contributed by atoms with Crippen molar-refractivity contribution >= 4 is 17.2 Å². The lowest BCUT2D eigenvalue weighted by molar-refractivity contribution is -0.144. The van der Waals surface area contributed by atoms with Crippen molar-refractivity contribution in [1.29, 1.82) is 0 Å². The van der Waals surface area contributed by atoms with E-state index in [1.54, 1.807) is 13.8 Å². The standard InChI is InChI=1S/C8H8F3N5S/c1-3-5(12)4(2)16(14-3)7-13-6(15-17-7)8(9,10)11/h12H2,1-2H3. The molecule has 0 fully saturated rings. The molecule has 0 saturated heterocycles. The molecule has 0 atom stereocenters. The number of alkyl halides is 3. The van der Waals surface area contributed by atoms with E-state index in [4.69, 9.17) is 5.73 Å². The number of hydrogen-bond acceptors (Lipinski definition) is 5. The maximum Gasteiger partial charge on any atom is 0.452 e. The second-order valence-electron chi connectivity index (χ2n) is 3.39. The van der Waals surface area contributed by atoms with E-state index >= 15 is 0 Å². The van der Waals surface area contributed by atoms with E-state index in [-0.39, 0.29) is 5.13 Å². The average molecular weight is 263 g/mol. The SMILES string of the molecule is Cc1nn(-c2nc(C(F)(F)F)ns2)c(C)c1N. The number of aromatic nitrogens is 4. The van der Waals surface area contributed by atoms with Gasteiger partial charge in [0.05, 0.1) is 17.1 Å². The molecule has 2 rings (SSSR count). The van der Waals surface area contributed by atoms with Crippen molar-refractivity contribution in [2.45, 2.75) is 20.0 Å². The first-order valence-corrected chi connectivity index (χ1v) is 5.31. The summed E-state index contributed by atoms with van der Waals surface area (Å²) in [6.07, 6.45) is -4.55. The van der Waals surface area contributed by atoms with Crippen molar-refractivity contribution in [3.05, 3.63) is 17.2 Å². The molecule has 0 aromatic carbocycles. The number of nitrogens with zero attached hydrogens (tertiary/aromatic N) is 4. The zero-order valence-corrected chi connectivity index (χ0v) is 9.72.